The van der Waals surface area contributed by atoms with E-state index in [1.54, 1.807) is 0 Å². The lowest BCUT2D eigenvalue weighted by Gasteiger charge is -2.50. The molecule has 19 heavy (non-hydrogen) atoms. The average molecular weight is 266 g/mol. The number of hydrogen-bond acceptors (Lipinski definition) is 3. The number of rotatable bonds is 5. The molecule has 3 aliphatic heterocycles. The molecule has 0 amide bonds. The Morgan fingerprint density at radius 3 is 2.58 bits per heavy atom. The van der Waals surface area contributed by atoms with Crippen LogP contribution >= 0.6 is 0 Å². The lowest BCUT2D eigenvalue weighted by Crippen LogP contribution is -2.57. The summed E-state index contributed by atoms with van der Waals surface area (Å²) in [6.45, 7) is 6.77. The lowest BCUT2D eigenvalue weighted by molar-refractivity contribution is 0.0110. The zero-order chi connectivity index (χ0) is 13.1. The highest BCUT2D eigenvalue weighted by molar-refractivity contribution is 4.95. The third kappa shape index (κ3) is 3.32. The van der Waals surface area contributed by atoms with E-state index in [4.69, 9.17) is 4.74 Å². The van der Waals surface area contributed by atoms with Crippen molar-refractivity contribution in [2.45, 2.75) is 70.0 Å². The highest BCUT2D eigenvalue weighted by Gasteiger charge is 2.39. The van der Waals surface area contributed by atoms with Crippen molar-refractivity contribution < 1.29 is 4.74 Å². The Morgan fingerprint density at radius 2 is 1.95 bits per heavy atom. The van der Waals surface area contributed by atoms with Gasteiger partial charge in [0, 0.05) is 31.3 Å². The number of nitrogens with zero attached hydrogens (tertiary/aromatic N) is 1. The van der Waals surface area contributed by atoms with Crippen LogP contribution in [0.4, 0.5) is 0 Å². The zero-order valence-corrected chi connectivity index (χ0v) is 12.4. The van der Waals surface area contributed by atoms with Crippen LogP contribution in [0.1, 0.15) is 51.9 Å². The molecule has 3 heteroatoms. The molecule has 1 N–H and O–H groups in total. The highest BCUT2D eigenvalue weighted by atomic mass is 16.5. The summed E-state index contributed by atoms with van der Waals surface area (Å²) < 4.78 is 5.56. The second kappa shape index (κ2) is 6.55. The number of hydrogen-bond donors (Lipinski definition) is 1. The molecular weight excluding hydrogens is 236 g/mol. The Labute approximate surface area is 118 Å². The maximum absolute atomic E-state index is 5.56. The average Bonchev–Trinajstić information content (AvgIpc) is 2.89. The summed E-state index contributed by atoms with van der Waals surface area (Å²) >= 11 is 0. The summed E-state index contributed by atoms with van der Waals surface area (Å²) in [5.41, 5.74) is 0. The number of ether oxygens (including phenoxy) is 1. The summed E-state index contributed by atoms with van der Waals surface area (Å²) in [6, 6.07) is 2.48. The van der Waals surface area contributed by atoms with E-state index in [2.05, 4.69) is 17.1 Å². The SMILES string of the molecule is CCCNC1CC2CCCC(C1)N2CC1CCOC1. The standard InChI is InChI=1S/C16H30N2O/c1-2-7-17-14-9-15-4-3-5-16(10-14)18(15)11-13-6-8-19-12-13/h13-17H,2-12H2,1H3. The van der Waals surface area contributed by atoms with Gasteiger partial charge in [0.05, 0.1) is 6.61 Å². The molecule has 0 aliphatic carbocycles. The summed E-state index contributed by atoms with van der Waals surface area (Å²) in [4.78, 5) is 2.85. The Kier molecular flexibility index (Phi) is 4.78. The van der Waals surface area contributed by atoms with E-state index in [9.17, 15) is 0 Å². The van der Waals surface area contributed by atoms with Crippen molar-refractivity contribution in [3.63, 3.8) is 0 Å². The number of nitrogens with one attached hydrogen (secondary N) is 1. The number of fused-ring (bicyclic) bond motifs is 2. The molecule has 3 unspecified atom stereocenters. The maximum Gasteiger partial charge on any atom is 0.0507 e. The van der Waals surface area contributed by atoms with Crippen molar-refractivity contribution in [2.75, 3.05) is 26.3 Å². The van der Waals surface area contributed by atoms with Crippen LogP contribution < -0.4 is 5.32 Å². The van der Waals surface area contributed by atoms with E-state index in [0.717, 1.165) is 37.3 Å². The fourth-order valence-corrected chi connectivity index (χ4v) is 4.32. The molecule has 2 bridgehead atoms. The van der Waals surface area contributed by atoms with Gasteiger partial charge in [-0.15, -0.1) is 0 Å². The summed E-state index contributed by atoms with van der Waals surface area (Å²) in [5, 5.41) is 3.76. The molecule has 0 saturated carbocycles. The van der Waals surface area contributed by atoms with Crippen LogP contribution in [-0.2, 0) is 4.74 Å². The molecule has 0 aromatic heterocycles. The van der Waals surface area contributed by atoms with Gasteiger partial charge in [-0.25, -0.2) is 0 Å². The van der Waals surface area contributed by atoms with Gasteiger partial charge in [0.2, 0.25) is 0 Å². The van der Waals surface area contributed by atoms with Crippen molar-refractivity contribution in [3.05, 3.63) is 0 Å². The first kappa shape index (κ1) is 13.8. The maximum atomic E-state index is 5.56. The summed E-state index contributed by atoms with van der Waals surface area (Å²) in [5.74, 6) is 0.809. The van der Waals surface area contributed by atoms with Gasteiger partial charge in [0.15, 0.2) is 0 Å². The van der Waals surface area contributed by atoms with Crippen LogP contribution in [0.2, 0.25) is 0 Å². The fraction of sp³-hybridized carbons (Fsp3) is 1.00. The third-order valence-corrected chi connectivity index (χ3v) is 5.30. The van der Waals surface area contributed by atoms with Crippen molar-refractivity contribution in [1.29, 1.82) is 0 Å². The molecule has 3 heterocycles. The normalized spacial score (nSPS) is 39.6. The first-order valence-electron chi connectivity index (χ1n) is 8.43. The minimum absolute atomic E-state index is 0.784. The van der Waals surface area contributed by atoms with Crippen LogP contribution in [0.25, 0.3) is 0 Å². The monoisotopic (exact) mass is 266 g/mol. The zero-order valence-electron chi connectivity index (χ0n) is 12.4. The third-order valence-electron chi connectivity index (χ3n) is 5.30. The van der Waals surface area contributed by atoms with E-state index >= 15 is 0 Å². The van der Waals surface area contributed by atoms with E-state index < -0.39 is 0 Å². The minimum atomic E-state index is 0.784. The molecule has 0 aromatic carbocycles. The lowest BCUT2D eigenvalue weighted by atomic mass is 9.81. The van der Waals surface area contributed by atoms with Crippen LogP contribution in [0.3, 0.4) is 0 Å². The van der Waals surface area contributed by atoms with Gasteiger partial charge in [-0.3, -0.25) is 4.90 Å². The van der Waals surface area contributed by atoms with Gasteiger partial charge < -0.3 is 10.1 Å². The van der Waals surface area contributed by atoms with Crippen LogP contribution in [0, 0.1) is 5.92 Å². The minimum Gasteiger partial charge on any atom is -0.381 e. The molecule has 3 saturated heterocycles. The molecule has 3 rings (SSSR count). The van der Waals surface area contributed by atoms with Crippen LogP contribution in [0.5, 0.6) is 0 Å². The van der Waals surface area contributed by atoms with Crippen LogP contribution in [-0.4, -0.2) is 49.3 Å². The summed E-state index contributed by atoms with van der Waals surface area (Å²) in [7, 11) is 0. The predicted molar refractivity (Wildman–Crippen MR) is 78.4 cm³/mol. The van der Waals surface area contributed by atoms with E-state index in [1.165, 1.54) is 58.0 Å². The largest absolute Gasteiger partial charge is 0.381 e. The van der Waals surface area contributed by atoms with Gasteiger partial charge in [0.25, 0.3) is 0 Å². The summed E-state index contributed by atoms with van der Waals surface area (Å²) in [6.07, 6.45) is 9.60. The Bertz CT molecular complexity index is 264. The number of piperidine rings is 2. The molecular formula is C16H30N2O. The first-order chi connectivity index (χ1) is 9.36. The molecule has 0 radical (unpaired) electrons. The predicted octanol–water partition coefficient (Wildman–Crippen LogP) is 2.41. The van der Waals surface area contributed by atoms with Crippen molar-refractivity contribution in [1.82, 2.24) is 10.2 Å². The Balaban J connectivity index is 1.56. The second-order valence-electron chi connectivity index (χ2n) is 6.79. The molecule has 0 spiro atoms. The Morgan fingerprint density at radius 1 is 1.16 bits per heavy atom. The molecule has 3 nitrogen and oxygen atoms in total. The fourth-order valence-electron chi connectivity index (χ4n) is 4.32. The first-order valence-corrected chi connectivity index (χ1v) is 8.43. The topological polar surface area (TPSA) is 24.5 Å². The van der Waals surface area contributed by atoms with Crippen molar-refractivity contribution in [2.24, 2.45) is 5.92 Å². The molecule has 110 valence electrons. The van der Waals surface area contributed by atoms with Gasteiger partial charge in [-0.05, 0) is 51.0 Å². The Hall–Kier alpha value is -0.120. The van der Waals surface area contributed by atoms with Gasteiger partial charge in [-0.2, -0.15) is 0 Å². The second-order valence-corrected chi connectivity index (χ2v) is 6.79. The molecule has 3 aliphatic rings. The van der Waals surface area contributed by atoms with Crippen molar-refractivity contribution >= 4 is 0 Å². The van der Waals surface area contributed by atoms with Crippen LogP contribution in [0.15, 0.2) is 0 Å². The molecule has 3 fully saturated rings. The van der Waals surface area contributed by atoms with Gasteiger partial charge >= 0.3 is 0 Å². The smallest absolute Gasteiger partial charge is 0.0507 e. The highest BCUT2D eigenvalue weighted by Crippen LogP contribution is 2.35. The van der Waals surface area contributed by atoms with Gasteiger partial charge in [0.1, 0.15) is 0 Å². The van der Waals surface area contributed by atoms with E-state index in [0.29, 0.717) is 0 Å². The molecule has 3 atom stereocenters. The van der Waals surface area contributed by atoms with Gasteiger partial charge in [-0.1, -0.05) is 13.3 Å². The quantitative estimate of drug-likeness (QED) is 0.827. The van der Waals surface area contributed by atoms with Crippen molar-refractivity contribution in [3.8, 4) is 0 Å². The van der Waals surface area contributed by atoms with E-state index in [1.807, 2.05) is 0 Å². The molecule has 0 aromatic rings. The van der Waals surface area contributed by atoms with E-state index in [-0.39, 0.29) is 0 Å².